The molecule has 2 heteroatoms. The summed E-state index contributed by atoms with van der Waals surface area (Å²) in [6.45, 7) is 5.57. The van der Waals surface area contributed by atoms with Gasteiger partial charge in [-0.1, -0.05) is 13.8 Å². The predicted octanol–water partition coefficient (Wildman–Crippen LogP) is 1.02. The van der Waals surface area contributed by atoms with Crippen molar-refractivity contribution in [2.24, 2.45) is 5.92 Å². The Balaban J connectivity index is 2.42. The summed E-state index contributed by atoms with van der Waals surface area (Å²) in [5.74, 6) is 0.687. The zero-order chi connectivity index (χ0) is 7.56. The molecule has 2 atom stereocenters. The van der Waals surface area contributed by atoms with Crippen LogP contribution in [0, 0.1) is 5.92 Å². The van der Waals surface area contributed by atoms with Gasteiger partial charge in [-0.05, 0) is 18.9 Å². The molecule has 0 aromatic heterocycles. The van der Waals surface area contributed by atoms with Crippen LogP contribution in [0.15, 0.2) is 0 Å². The molecule has 10 heavy (non-hydrogen) atoms. The van der Waals surface area contributed by atoms with Crippen molar-refractivity contribution in [2.75, 3.05) is 13.7 Å². The van der Waals surface area contributed by atoms with Crippen LogP contribution in [0.2, 0.25) is 0 Å². The topological polar surface area (TPSA) is 21.3 Å². The van der Waals surface area contributed by atoms with Gasteiger partial charge in [0.2, 0.25) is 0 Å². The molecule has 1 N–H and O–H groups in total. The van der Waals surface area contributed by atoms with E-state index in [1.807, 2.05) is 0 Å². The Morgan fingerprint density at radius 1 is 1.50 bits per heavy atom. The Hall–Kier alpha value is -0.0800. The summed E-state index contributed by atoms with van der Waals surface area (Å²) < 4.78 is 5.32. The van der Waals surface area contributed by atoms with Gasteiger partial charge in [-0.3, -0.25) is 0 Å². The SMILES string of the molecule is CO[C@H]1CCN[C@@H]1C(C)C. The van der Waals surface area contributed by atoms with Crippen molar-refractivity contribution in [2.45, 2.75) is 32.4 Å². The van der Waals surface area contributed by atoms with Gasteiger partial charge in [0.15, 0.2) is 0 Å². The smallest absolute Gasteiger partial charge is 0.0738 e. The summed E-state index contributed by atoms with van der Waals surface area (Å²) in [4.78, 5) is 0. The molecule has 1 heterocycles. The average molecular weight is 143 g/mol. The largest absolute Gasteiger partial charge is 0.380 e. The highest BCUT2D eigenvalue weighted by Crippen LogP contribution is 2.16. The lowest BCUT2D eigenvalue weighted by molar-refractivity contribution is 0.0785. The maximum absolute atomic E-state index is 5.32. The van der Waals surface area contributed by atoms with Crippen LogP contribution in [-0.4, -0.2) is 25.8 Å². The quantitative estimate of drug-likeness (QED) is 0.623. The molecule has 1 saturated heterocycles. The molecule has 2 nitrogen and oxygen atoms in total. The van der Waals surface area contributed by atoms with E-state index in [9.17, 15) is 0 Å². The molecule has 0 radical (unpaired) electrons. The van der Waals surface area contributed by atoms with Crippen molar-refractivity contribution in [3.05, 3.63) is 0 Å². The molecule has 60 valence electrons. The molecule has 0 unspecified atom stereocenters. The van der Waals surface area contributed by atoms with Gasteiger partial charge in [-0.25, -0.2) is 0 Å². The van der Waals surface area contributed by atoms with Crippen LogP contribution in [-0.2, 0) is 4.74 Å². The molecule has 1 aliphatic heterocycles. The molecule has 1 fully saturated rings. The van der Waals surface area contributed by atoms with E-state index in [4.69, 9.17) is 4.74 Å². The third-order valence-electron chi connectivity index (χ3n) is 2.23. The fourth-order valence-electron chi connectivity index (χ4n) is 1.63. The minimum Gasteiger partial charge on any atom is -0.380 e. The Labute approximate surface area is 63.0 Å². The van der Waals surface area contributed by atoms with Crippen LogP contribution in [0.1, 0.15) is 20.3 Å². The average Bonchev–Trinajstić information content (AvgIpc) is 2.33. The van der Waals surface area contributed by atoms with Crippen LogP contribution in [0.5, 0.6) is 0 Å². The molecule has 0 amide bonds. The van der Waals surface area contributed by atoms with Crippen molar-refractivity contribution < 1.29 is 4.74 Å². The lowest BCUT2D eigenvalue weighted by Gasteiger charge is -2.21. The molecule has 0 bridgehead atoms. The Morgan fingerprint density at radius 3 is 2.60 bits per heavy atom. The summed E-state index contributed by atoms with van der Waals surface area (Å²) in [6, 6.07) is 0.574. The standard InChI is InChI=1S/C8H17NO/c1-6(2)8-7(10-3)4-5-9-8/h6-9H,4-5H2,1-3H3/t7-,8+/m0/s1. The Kier molecular flexibility index (Phi) is 2.69. The van der Waals surface area contributed by atoms with E-state index in [-0.39, 0.29) is 0 Å². The van der Waals surface area contributed by atoms with Gasteiger partial charge in [-0.15, -0.1) is 0 Å². The van der Waals surface area contributed by atoms with Crippen molar-refractivity contribution in [1.29, 1.82) is 0 Å². The number of rotatable bonds is 2. The summed E-state index contributed by atoms with van der Waals surface area (Å²) in [5.41, 5.74) is 0. The second-order valence-electron chi connectivity index (χ2n) is 3.29. The summed E-state index contributed by atoms with van der Waals surface area (Å²) in [6.07, 6.45) is 1.61. The van der Waals surface area contributed by atoms with Crippen molar-refractivity contribution in [3.63, 3.8) is 0 Å². The number of nitrogens with one attached hydrogen (secondary N) is 1. The van der Waals surface area contributed by atoms with E-state index >= 15 is 0 Å². The summed E-state index contributed by atoms with van der Waals surface area (Å²) in [7, 11) is 1.80. The highest BCUT2D eigenvalue weighted by molar-refractivity contribution is 4.86. The minimum absolute atomic E-state index is 0.444. The monoisotopic (exact) mass is 143 g/mol. The number of methoxy groups -OCH3 is 1. The first-order valence-electron chi connectivity index (χ1n) is 4.02. The second-order valence-corrected chi connectivity index (χ2v) is 3.29. The maximum atomic E-state index is 5.32. The molecule has 1 rings (SSSR count). The first kappa shape index (κ1) is 8.02. The van der Waals surface area contributed by atoms with Crippen LogP contribution < -0.4 is 5.32 Å². The maximum Gasteiger partial charge on any atom is 0.0738 e. The van der Waals surface area contributed by atoms with E-state index < -0.39 is 0 Å². The van der Waals surface area contributed by atoms with Gasteiger partial charge >= 0.3 is 0 Å². The lowest BCUT2D eigenvalue weighted by atomic mass is 10.0. The van der Waals surface area contributed by atoms with Gasteiger partial charge in [0.05, 0.1) is 6.10 Å². The third kappa shape index (κ3) is 1.50. The van der Waals surface area contributed by atoms with Gasteiger partial charge < -0.3 is 10.1 Å². The zero-order valence-electron chi connectivity index (χ0n) is 7.05. The van der Waals surface area contributed by atoms with Gasteiger partial charge in [0, 0.05) is 13.2 Å². The highest BCUT2D eigenvalue weighted by atomic mass is 16.5. The first-order chi connectivity index (χ1) is 4.75. The zero-order valence-corrected chi connectivity index (χ0v) is 7.05. The van der Waals surface area contributed by atoms with Gasteiger partial charge in [0.25, 0.3) is 0 Å². The van der Waals surface area contributed by atoms with Crippen LogP contribution >= 0.6 is 0 Å². The number of ether oxygens (including phenoxy) is 1. The molecule has 0 spiro atoms. The van der Waals surface area contributed by atoms with Crippen molar-refractivity contribution in [1.82, 2.24) is 5.32 Å². The molecule has 1 aliphatic rings. The number of hydrogen-bond acceptors (Lipinski definition) is 2. The predicted molar refractivity (Wildman–Crippen MR) is 42.0 cm³/mol. The highest BCUT2D eigenvalue weighted by Gasteiger charge is 2.28. The van der Waals surface area contributed by atoms with E-state index in [1.54, 1.807) is 7.11 Å². The fraction of sp³-hybridized carbons (Fsp3) is 1.00. The third-order valence-corrected chi connectivity index (χ3v) is 2.23. The molecular formula is C8H17NO. The van der Waals surface area contributed by atoms with Crippen LogP contribution in [0.4, 0.5) is 0 Å². The van der Waals surface area contributed by atoms with Crippen LogP contribution in [0.3, 0.4) is 0 Å². The first-order valence-corrected chi connectivity index (χ1v) is 4.02. The Morgan fingerprint density at radius 2 is 2.20 bits per heavy atom. The summed E-state index contributed by atoms with van der Waals surface area (Å²) >= 11 is 0. The fourth-order valence-corrected chi connectivity index (χ4v) is 1.63. The van der Waals surface area contributed by atoms with Crippen LogP contribution in [0.25, 0.3) is 0 Å². The van der Waals surface area contributed by atoms with E-state index in [0.717, 1.165) is 6.54 Å². The van der Waals surface area contributed by atoms with Gasteiger partial charge in [0.1, 0.15) is 0 Å². The van der Waals surface area contributed by atoms with Crippen molar-refractivity contribution >= 4 is 0 Å². The van der Waals surface area contributed by atoms with Crippen molar-refractivity contribution in [3.8, 4) is 0 Å². The number of hydrogen-bond donors (Lipinski definition) is 1. The minimum atomic E-state index is 0.444. The van der Waals surface area contributed by atoms with E-state index in [0.29, 0.717) is 18.1 Å². The van der Waals surface area contributed by atoms with Gasteiger partial charge in [-0.2, -0.15) is 0 Å². The van der Waals surface area contributed by atoms with E-state index in [1.165, 1.54) is 6.42 Å². The molecule has 0 aliphatic carbocycles. The second kappa shape index (κ2) is 3.35. The lowest BCUT2D eigenvalue weighted by Crippen LogP contribution is -2.36. The summed E-state index contributed by atoms with van der Waals surface area (Å²) in [5, 5.41) is 3.43. The molecule has 0 saturated carbocycles. The van der Waals surface area contributed by atoms with E-state index in [2.05, 4.69) is 19.2 Å². The normalized spacial score (nSPS) is 33.6. The molecule has 0 aromatic carbocycles. The molecule has 0 aromatic rings. The Bertz CT molecular complexity index is 103. The molecular weight excluding hydrogens is 126 g/mol.